The van der Waals surface area contributed by atoms with E-state index in [1.54, 1.807) is 0 Å². The van der Waals surface area contributed by atoms with Crippen molar-refractivity contribution in [3.05, 3.63) is 59.8 Å². The number of rotatable bonds is 3. The Labute approximate surface area is 178 Å². The van der Waals surface area contributed by atoms with Crippen LogP contribution in [-0.4, -0.2) is 35.6 Å². The largest absolute Gasteiger partial charge is 0.399 e. The Morgan fingerprint density at radius 2 is 2.00 bits per heavy atom. The summed E-state index contributed by atoms with van der Waals surface area (Å²) in [7, 11) is 0. The molecule has 0 spiro atoms. The van der Waals surface area contributed by atoms with E-state index >= 15 is 0 Å². The first kappa shape index (κ1) is 18.1. The average Bonchev–Trinajstić information content (AvgIpc) is 3.26. The van der Waals surface area contributed by atoms with Gasteiger partial charge in [-0.3, -0.25) is 0 Å². The van der Waals surface area contributed by atoms with Crippen LogP contribution in [-0.2, 0) is 0 Å². The van der Waals surface area contributed by atoms with E-state index in [1.165, 1.54) is 24.0 Å². The molecular weight excluding hydrogens is 370 g/mol. The van der Waals surface area contributed by atoms with Crippen LogP contribution in [0.15, 0.2) is 54.3 Å². The van der Waals surface area contributed by atoms with E-state index in [9.17, 15) is 0 Å². The van der Waals surface area contributed by atoms with Gasteiger partial charge in [-0.25, -0.2) is 9.97 Å². The first-order valence-corrected chi connectivity index (χ1v) is 11.3. The van der Waals surface area contributed by atoms with Crippen molar-refractivity contribution < 1.29 is 0 Å². The van der Waals surface area contributed by atoms with Gasteiger partial charge >= 0.3 is 0 Å². The highest BCUT2D eigenvalue weighted by atomic mass is 15.3. The fourth-order valence-corrected chi connectivity index (χ4v) is 5.74. The summed E-state index contributed by atoms with van der Waals surface area (Å²) in [4.78, 5) is 12.4. The third-order valence-corrected chi connectivity index (χ3v) is 7.46. The SMILES string of the molecule is CC1=CC2C(C=C1)C2c1cnc(N2CCC3NCCC3C2)nc1-c1ccc(N)cc1. The van der Waals surface area contributed by atoms with Crippen LogP contribution in [0, 0.1) is 17.8 Å². The highest BCUT2D eigenvalue weighted by Gasteiger charge is 2.50. The third kappa shape index (κ3) is 3.03. The van der Waals surface area contributed by atoms with Gasteiger partial charge in [0.05, 0.1) is 5.69 Å². The lowest BCUT2D eigenvalue weighted by Crippen LogP contribution is -2.45. The molecule has 2 aliphatic carbocycles. The maximum atomic E-state index is 5.96. The van der Waals surface area contributed by atoms with Crippen LogP contribution < -0.4 is 16.0 Å². The number of hydrogen-bond donors (Lipinski definition) is 2. The van der Waals surface area contributed by atoms with Crippen molar-refractivity contribution in [2.45, 2.75) is 31.7 Å². The number of fused-ring (bicyclic) bond motifs is 2. The molecule has 2 aromatic rings. The van der Waals surface area contributed by atoms with Gasteiger partial charge in [-0.15, -0.1) is 0 Å². The Hall–Kier alpha value is -2.66. The molecule has 4 aliphatic rings. The summed E-state index contributed by atoms with van der Waals surface area (Å²) in [5.41, 5.74) is 11.6. The molecule has 1 aromatic carbocycles. The van der Waals surface area contributed by atoms with Gasteiger partial charge in [-0.2, -0.15) is 0 Å². The number of nitrogens with one attached hydrogen (secondary N) is 1. The lowest BCUT2D eigenvalue weighted by atomic mass is 9.93. The van der Waals surface area contributed by atoms with E-state index in [-0.39, 0.29) is 0 Å². The van der Waals surface area contributed by atoms with E-state index in [1.807, 2.05) is 12.1 Å². The van der Waals surface area contributed by atoms with Crippen molar-refractivity contribution in [2.75, 3.05) is 30.3 Å². The van der Waals surface area contributed by atoms with Gasteiger partial charge in [-0.05, 0) is 56.2 Å². The van der Waals surface area contributed by atoms with Gasteiger partial charge in [0, 0.05) is 48.1 Å². The maximum absolute atomic E-state index is 5.96. The molecule has 6 rings (SSSR count). The summed E-state index contributed by atoms with van der Waals surface area (Å²) in [6.07, 6.45) is 11.6. The zero-order valence-corrected chi connectivity index (χ0v) is 17.5. The summed E-state index contributed by atoms with van der Waals surface area (Å²) in [5.74, 6) is 3.23. The molecule has 5 atom stereocenters. The number of benzene rings is 1. The van der Waals surface area contributed by atoms with E-state index < -0.39 is 0 Å². The average molecular weight is 400 g/mol. The molecule has 2 saturated heterocycles. The molecule has 3 heterocycles. The third-order valence-electron chi connectivity index (χ3n) is 7.46. The van der Waals surface area contributed by atoms with Gasteiger partial charge in [0.1, 0.15) is 0 Å². The van der Waals surface area contributed by atoms with Crippen LogP contribution >= 0.6 is 0 Å². The highest BCUT2D eigenvalue weighted by molar-refractivity contribution is 5.68. The molecular formula is C25H29N5. The molecule has 2 aliphatic heterocycles. The van der Waals surface area contributed by atoms with Crippen LogP contribution in [0.3, 0.4) is 0 Å². The molecule has 1 saturated carbocycles. The summed E-state index contributed by atoms with van der Waals surface area (Å²) < 4.78 is 0. The van der Waals surface area contributed by atoms with Crippen molar-refractivity contribution in [2.24, 2.45) is 17.8 Å². The number of anilines is 2. The summed E-state index contributed by atoms with van der Waals surface area (Å²) in [6, 6.07) is 8.82. The van der Waals surface area contributed by atoms with E-state index in [2.05, 4.69) is 53.7 Å². The molecule has 5 nitrogen and oxygen atoms in total. The van der Waals surface area contributed by atoms with Crippen molar-refractivity contribution in [1.29, 1.82) is 0 Å². The lowest BCUT2D eigenvalue weighted by molar-refractivity contribution is 0.373. The number of aromatic nitrogens is 2. The van der Waals surface area contributed by atoms with Crippen LogP contribution in [0.4, 0.5) is 11.6 Å². The van der Waals surface area contributed by atoms with Gasteiger partial charge in [0.15, 0.2) is 0 Å². The molecule has 0 radical (unpaired) electrons. The van der Waals surface area contributed by atoms with Crippen LogP contribution in [0.1, 0.15) is 31.2 Å². The minimum Gasteiger partial charge on any atom is -0.399 e. The van der Waals surface area contributed by atoms with E-state index in [0.717, 1.165) is 42.5 Å². The number of piperidine rings is 1. The molecule has 0 amide bonds. The van der Waals surface area contributed by atoms with Crippen molar-refractivity contribution in [3.63, 3.8) is 0 Å². The summed E-state index contributed by atoms with van der Waals surface area (Å²) >= 11 is 0. The smallest absolute Gasteiger partial charge is 0.225 e. The monoisotopic (exact) mass is 399 g/mol. The molecule has 30 heavy (non-hydrogen) atoms. The molecule has 3 fully saturated rings. The molecule has 1 aromatic heterocycles. The topological polar surface area (TPSA) is 67.1 Å². The second-order valence-corrected chi connectivity index (χ2v) is 9.39. The fourth-order valence-electron chi connectivity index (χ4n) is 5.74. The second-order valence-electron chi connectivity index (χ2n) is 9.39. The zero-order chi connectivity index (χ0) is 20.2. The molecule has 154 valence electrons. The first-order chi connectivity index (χ1) is 14.7. The van der Waals surface area contributed by atoms with Crippen molar-refractivity contribution in [1.82, 2.24) is 15.3 Å². The summed E-state index contributed by atoms with van der Waals surface area (Å²) in [5, 5.41) is 3.65. The standard InChI is InChI=1S/C25H29N5/c1-15-2-7-19-20(12-15)23(19)21-13-28-25(29-24(21)16-3-5-18(26)6-4-16)30-11-9-22-17(14-30)8-10-27-22/h2-7,12-13,17,19-20,22-23,27H,8-11,14,26H2,1H3. The Bertz CT molecular complexity index is 1020. The second kappa shape index (κ2) is 6.95. The Kier molecular flexibility index (Phi) is 4.20. The van der Waals surface area contributed by atoms with Gasteiger partial charge in [0.25, 0.3) is 0 Å². The first-order valence-electron chi connectivity index (χ1n) is 11.3. The number of nitrogens with zero attached hydrogens (tertiary/aromatic N) is 3. The Morgan fingerprint density at radius 1 is 1.13 bits per heavy atom. The van der Waals surface area contributed by atoms with Crippen molar-refractivity contribution in [3.8, 4) is 11.3 Å². The Morgan fingerprint density at radius 3 is 2.83 bits per heavy atom. The molecule has 5 unspecified atom stereocenters. The van der Waals surface area contributed by atoms with E-state index in [0.29, 0.717) is 29.7 Å². The lowest BCUT2D eigenvalue weighted by Gasteiger charge is -2.35. The zero-order valence-electron chi connectivity index (χ0n) is 17.5. The normalized spacial score (nSPS) is 31.8. The van der Waals surface area contributed by atoms with Gasteiger partial charge in [-0.1, -0.05) is 35.9 Å². The molecule has 5 heteroatoms. The summed E-state index contributed by atoms with van der Waals surface area (Å²) in [6.45, 7) is 5.40. The minimum atomic E-state index is 0.477. The molecule has 0 bridgehead atoms. The maximum Gasteiger partial charge on any atom is 0.225 e. The highest BCUT2D eigenvalue weighted by Crippen LogP contribution is 2.59. The van der Waals surface area contributed by atoms with Crippen LogP contribution in [0.5, 0.6) is 0 Å². The number of nitrogens with two attached hydrogens (primary N) is 1. The van der Waals surface area contributed by atoms with Crippen molar-refractivity contribution >= 4 is 11.6 Å². The number of hydrogen-bond acceptors (Lipinski definition) is 5. The van der Waals surface area contributed by atoms with Crippen LogP contribution in [0.25, 0.3) is 11.3 Å². The van der Waals surface area contributed by atoms with E-state index in [4.69, 9.17) is 15.7 Å². The number of nitrogen functional groups attached to an aromatic ring is 1. The predicted molar refractivity (Wildman–Crippen MR) is 121 cm³/mol. The number of allylic oxidation sites excluding steroid dienone is 4. The van der Waals surface area contributed by atoms with Gasteiger partial charge < -0.3 is 16.0 Å². The Balaban J connectivity index is 1.37. The molecule has 3 N–H and O–H groups in total. The van der Waals surface area contributed by atoms with Gasteiger partial charge in [0.2, 0.25) is 5.95 Å². The quantitative estimate of drug-likeness (QED) is 0.770. The minimum absolute atomic E-state index is 0.477. The fraction of sp³-hybridized carbons (Fsp3) is 0.440. The predicted octanol–water partition coefficient (Wildman–Crippen LogP) is 3.76. The van der Waals surface area contributed by atoms with Crippen LogP contribution in [0.2, 0.25) is 0 Å².